The van der Waals surface area contributed by atoms with Crippen LogP contribution in [0, 0.1) is 11.2 Å². The van der Waals surface area contributed by atoms with Gasteiger partial charge in [-0.05, 0) is 63.6 Å². The van der Waals surface area contributed by atoms with Crippen molar-refractivity contribution in [3.63, 3.8) is 0 Å². The van der Waals surface area contributed by atoms with Crippen molar-refractivity contribution in [2.45, 2.75) is 56.4 Å². The van der Waals surface area contributed by atoms with E-state index < -0.39 is 21.3 Å². The maximum Gasteiger partial charge on any atom is 0.312 e. The molecule has 0 amide bonds. The van der Waals surface area contributed by atoms with Gasteiger partial charge in [0.2, 0.25) is 10.0 Å². The van der Waals surface area contributed by atoms with Crippen LogP contribution in [0.5, 0.6) is 0 Å². The van der Waals surface area contributed by atoms with Gasteiger partial charge < -0.3 is 9.47 Å². The van der Waals surface area contributed by atoms with Crippen LogP contribution < -0.4 is 0 Å². The Morgan fingerprint density at radius 2 is 2.07 bits per heavy atom. The first-order valence-electron chi connectivity index (χ1n) is 10.0. The van der Waals surface area contributed by atoms with Crippen molar-refractivity contribution in [1.82, 2.24) is 4.31 Å². The molecule has 6 nitrogen and oxygen atoms in total. The minimum absolute atomic E-state index is 0.0112. The molecule has 1 atom stereocenters. The number of carbonyl (C=O) groups excluding carboxylic acids is 1. The lowest BCUT2D eigenvalue weighted by molar-refractivity contribution is -0.162. The third-order valence-electron chi connectivity index (χ3n) is 5.79. The summed E-state index contributed by atoms with van der Waals surface area (Å²) in [6.07, 6.45) is 4.21. The highest BCUT2D eigenvalue weighted by atomic mass is 35.5. The summed E-state index contributed by atoms with van der Waals surface area (Å²) in [5.74, 6) is -0.882. The van der Waals surface area contributed by atoms with Crippen LogP contribution in [0.2, 0.25) is 5.02 Å². The van der Waals surface area contributed by atoms with Gasteiger partial charge in [-0.3, -0.25) is 4.79 Å². The van der Waals surface area contributed by atoms with Crippen LogP contribution >= 0.6 is 11.6 Å². The van der Waals surface area contributed by atoms with Crippen molar-refractivity contribution in [2.24, 2.45) is 5.41 Å². The van der Waals surface area contributed by atoms with E-state index in [1.165, 1.54) is 10.4 Å². The molecule has 9 heteroatoms. The van der Waals surface area contributed by atoms with Gasteiger partial charge in [0, 0.05) is 19.7 Å². The minimum atomic E-state index is -3.88. The highest BCUT2D eigenvalue weighted by Gasteiger charge is 2.46. The lowest BCUT2D eigenvalue weighted by atomic mass is 9.73. The molecular weight excluding hydrogens is 421 g/mol. The normalized spacial score (nSPS) is 22.9. The van der Waals surface area contributed by atoms with E-state index in [0.717, 1.165) is 31.4 Å². The van der Waals surface area contributed by atoms with Crippen molar-refractivity contribution >= 4 is 27.6 Å². The summed E-state index contributed by atoms with van der Waals surface area (Å²) in [5, 5.41) is -0.150. The lowest BCUT2D eigenvalue weighted by Crippen LogP contribution is -2.48. The molecule has 3 rings (SSSR count). The van der Waals surface area contributed by atoms with E-state index in [2.05, 4.69) is 0 Å². The Balaban J connectivity index is 1.77. The van der Waals surface area contributed by atoms with Gasteiger partial charge in [-0.25, -0.2) is 12.8 Å². The first-order chi connectivity index (χ1) is 13.8. The van der Waals surface area contributed by atoms with Gasteiger partial charge in [0.15, 0.2) is 0 Å². The summed E-state index contributed by atoms with van der Waals surface area (Å²) in [4.78, 5) is 12.7. The van der Waals surface area contributed by atoms with Crippen LogP contribution in [-0.4, -0.2) is 51.1 Å². The molecule has 1 aromatic carbocycles. The first kappa shape index (κ1) is 22.5. The predicted octanol–water partition coefficient (Wildman–Crippen LogP) is 3.77. The number of hydrogen-bond donors (Lipinski definition) is 0. The molecule has 29 heavy (non-hydrogen) atoms. The summed E-state index contributed by atoms with van der Waals surface area (Å²) >= 11 is 5.97. The standard InChI is InChI=1S/C20H27ClFNO5S/c1-2-27-19(24)20(14-16-5-3-4-12-28-16)8-10-23(11-9-20)29(25,26)18-7-6-15(22)13-17(18)21/h6-7,13,16H,2-5,8-12,14H2,1H3/t16-/m1/s1. The van der Waals surface area contributed by atoms with E-state index >= 15 is 0 Å². The number of nitrogens with zero attached hydrogens (tertiary/aromatic N) is 1. The van der Waals surface area contributed by atoms with Crippen LogP contribution in [0.15, 0.2) is 23.1 Å². The van der Waals surface area contributed by atoms with Gasteiger partial charge in [0.1, 0.15) is 10.7 Å². The zero-order valence-electron chi connectivity index (χ0n) is 16.5. The molecule has 0 N–H and O–H groups in total. The summed E-state index contributed by atoms with van der Waals surface area (Å²) in [6.45, 7) is 3.06. The smallest absolute Gasteiger partial charge is 0.312 e. The van der Waals surface area contributed by atoms with E-state index in [1.807, 2.05) is 0 Å². The highest BCUT2D eigenvalue weighted by molar-refractivity contribution is 7.89. The van der Waals surface area contributed by atoms with E-state index in [9.17, 15) is 17.6 Å². The SMILES string of the molecule is CCOC(=O)C1(C[C@H]2CCCCO2)CCN(S(=O)(=O)c2ccc(F)cc2Cl)CC1. The number of carbonyl (C=O) groups is 1. The molecule has 162 valence electrons. The van der Waals surface area contributed by atoms with Crippen molar-refractivity contribution < 1.29 is 27.1 Å². The van der Waals surface area contributed by atoms with Gasteiger partial charge in [-0.1, -0.05) is 11.6 Å². The number of sulfonamides is 1. The second-order valence-corrected chi connectivity index (χ2v) is 9.99. The Morgan fingerprint density at radius 3 is 2.66 bits per heavy atom. The van der Waals surface area contributed by atoms with Gasteiger partial charge in [0.05, 0.1) is 23.1 Å². The molecule has 2 aliphatic rings. The monoisotopic (exact) mass is 447 g/mol. The van der Waals surface area contributed by atoms with E-state index in [-0.39, 0.29) is 41.7 Å². The fourth-order valence-electron chi connectivity index (χ4n) is 4.16. The third kappa shape index (κ3) is 4.93. The Hall–Kier alpha value is -1.22. The lowest BCUT2D eigenvalue weighted by Gasteiger charge is -2.41. The van der Waals surface area contributed by atoms with E-state index in [4.69, 9.17) is 21.1 Å². The molecule has 0 saturated carbocycles. The van der Waals surface area contributed by atoms with Gasteiger partial charge in [-0.15, -0.1) is 0 Å². The number of benzene rings is 1. The Kier molecular flexibility index (Phi) is 7.19. The van der Waals surface area contributed by atoms with Gasteiger partial charge in [-0.2, -0.15) is 4.31 Å². The molecule has 0 aromatic heterocycles. The molecular formula is C20H27ClFNO5S. The molecule has 0 spiro atoms. The topological polar surface area (TPSA) is 72.9 Å². The van der Waals surface area contributed by atoms with E-state index in [1.54, 1.807) is 6.92 Å². The van der Waals surface area contributed by atoms with Gasteiger partial charge in [0.25, 0.3) is 0 Å². The zero-order valence-corrected chi connectivity index (χ0v) is 18.1. The van der Waals surface area contributed by atoms with Crippen LogP contribution in [0.3, 0.4) is 0 Å². The molecule has 0 radical (unpaired) electrons. The molecule has 2 aliphatic heterocycles. The first-order valence-corrected chi connectivity index (χ1v) is 11.8. The minimum Gasteiger partial charge on any atom is -0.466 e. The van der Waals surface area contributed by atoms with Crippen LogP contribution in [0.1, 0.15) is 45.4 Å². The van der Waals surface area contributed by atoms with Crippen molar-refractivity contribution in [1.29, 1.82) is 0 Å². The van der Waals surface area contributed by atoms with Crippen molar-refractivity contribution in [2.75, 3.05) is 26.3 Å². The molecule has 0 unspecified atom stereocenters. The molecule has 0 bridgehead atoms. The van der Waals surface area contributed by atoms with E-state index in [0.29, 0.717) is 25.9 Å². The molecule has 2 fully saturated rings. The molecule has 2 heterocycles. The maximum atomic E-state index is 13.3. The molecule has 0 aliphatic carbocycles. The van der Waals surface area contributed by atoms with Crippen LogP contribution in [-0.2, 0) is 24.3 Å². The third-order valence-corrected chi connectivity index (χ3v) is 8.17. The average molecular weight is 448 g/mol. The Bertz CT molecular complexity index is 833. The zero-order chi connectivity index (χ0) is 21.1. The summed E-state index contributed by atoms with van der Waals surface area (Å²) < 4.78 is 51.8. The quantitative estimate of drug-likeness (QED) is 0.620. The Labute approximate surface area is 176 Å². The number of esters is 1. The second kappa shape index (κ2) is 9.29. The maximum absolute atomic E-state index is 13.3. The molecule has 2 saturated heterocycles. The number of halogens is 2. The average Bonchev–Trinajstić information content (AvgIpc) is 2.69. The Morgan fingerprint density at radius 1 is 1.34 bits per heavy atom. The van der Waals surface area contributed by atoms with Gasteiger partial charge >= 0.3 is 5.97 Å². The summed E-state index contributed by atoms with van der Waals surface area (Å²) in [6, 6.07) is 3.24. The summed E-state index contributed by atoms with van der Waals surface area (Å²) in [5.41, 5.74) is -0.753. The summed E-state index contributed by atoms with van der Waals surface area (Å²) in [7, 11) is -3.88. The second-order valence-electron chi connectivity index (χ2n) is 7.67. The van der Waals surface area contributed by atoms with Crippen molar-refractivity contribution in [3.8, 4) is 0 Å². The number of hydrogen-bond acceptors (Lipinski definition) is 5. The highest BCUT2D eigenvalue weighted by Crippen LogP contribution is 2.41. The van der Waals surface area contributed by atoms with Crippen LogP contribution in [0.4, 0.5) is 4.39 Å². The van der Waals surface area contributed by atoms with Crippen LogP contribution in [0.25, 0.3) is 0 Å². The predicted molar refractivity (Wildman–Crippen MR) is 107 cm³/mol. The number of rotatable bonds is 6. The molecule has 1 aromatic rings. The largest absolute Gasteiger partial charge is 0.466 e. The van der Waals surface area contributed by atoms with Crippen molar-refractivity contribution in [3.05, 3.63) is 29.0 Å². The fourth-order valence-corrected chi connectivity index (χ4v) is 6.10. The number of piperidine rings is 1. The fraction of sp³-hybridized carbons (Fsp3) is 0.650. The number of ether oxygens (including phenoxy) is 2.